The van der Waals surface area contributed by atoms with E-state index in [4.69, 9.17) is 10.6 Å². The van der Waals surface area contributed by atoms with Crippen molar-refractivity contribution in [1.82, 2.24) is 15.2 Å². The van der Waals surface area contributed by atoms with Crippen LogP contribution in [0.1, 0.15) is 17.3 Å². The summed E-state index contributed by atoms with van der Waals surface area (Å²) < 4.78 is 5.64. The van der Waals surface area contributed by atoms with Crippen molar-refractivity contribution in [2.45, 2.75) is 13.0 Å². The lowest BCUT2D eigenvalue weighted by molar-refractivity contribution is -0.0246. The fourth-order valence-electron chi connectivity index (χ4n) is 2.20. The number of carbonyl (C=O) groups is 1. The quantitative estimate of drug-likeness (QED) is 0.511. The van der Waals surface area contributed by atoms with Crippen LogP contribution in [-0.4, -0.2) is 54.7 Å². The zero-order chi connectivity index (χ0) is 14.4. The Morgan fingerprint density at radius 3 is 3.25 bits per heavy atom. The largest absolute Gasteiger partial charge is 0.374 e. The molecule has 1 amide bonds. The minimum absolute atomic E-state index is 0.0313. The van der Waals surface area contributed by atoms with Crippen molar-refractivity contribution in [2.24, 2.45) is 5.84 Å². The van der Waals surface area contributed by atoms with Gasteiger partial charge in [-0.2, -0.15) is 0 Å². The van der Waals surface area contributed by atoms with Crippen molar-refractivity contribution < 1.29 is 9.53 Å². The maximum absolute atomic E-state index is 12.1. The summed E-state index contributed by atoms with van der Waals surface area (Å²) in [6.45, 7) is 6.11. The van der Waals surface area contributed by atoms with E-state index in [0.717, 1.165) is 19.6 Å². The molecular formula is C13H21N5O2. The third-order valence-electron chi connectivity index (χ3n) is 3.38. The molecule has 1 aliphatic rings. The Labute approximate surface area is 118 Å². The van der Waals surface area contributed by atoms with E-state index in [1.54, 1.807) is 12.3 Å². The smallest absolute Gasteiger partial charge is 0.253 e. The van der Waals surface area contributed by atoms with Crippen molar-refractivity contribution in [1.29, 1.82) is 0 Å². The monoisotopic (exact) mass is 279 g/mol. The Hall–Kier alpha value is -1.70. The van der Waals surface area contributed by atoms with Gasteiger partial charge in [-0.3, -0.25) is 20.5 Å². The standard InChI is InChI=1S/C13H21N5O2/c1-2-18-5-6-20-10(9-18)7-16-13(19)11-3-4-15-8-12(11)17-14/h3-4,8,10,17H,2,5-7,9,14H2,1H3,(H,16,19). The molecule has 1 atom stereocenters. The molecule has 2 rings (SSSR count). The van der Waals surface area contributed by atoms with E-state index >= 15 is 0 Å². The van der Waals surface area contributed by atoms with Gasteiger partial charge in [0.15, 0.2) is 0 Å². The summed E-state index contributed by atoms with van der Waals surface area (Å²) in [7, 11) is 0. The highest BCUT2D eigenvalue weighted by atomic mass is 16.5. The number of morpholine rings is 1. The molecular weight excluding hydrogens is 258 g/mol. The second-order valence-electron chi connectivity index (χ2n) is 4.66. The lowest BCUT2D eigenvalue weighted by Gasteiger charge is -2.32. The Bertz CT molecular complexity index is 454. The Kier molecular flexibility index (Phi) is 5.28. The molecule has 0 aliphatic carbocycles. The first-order valence-corrected chi connectivity index (χ1v) is 6.77. The predicted molar refractivity (Wildman–Crippen MR) is 76.2 cm³/mol. The highest BCUT2D eigenvalue weighted by Crippen LogP contribution is 2.11. The summed E-state index contributed by atoms with van der Waals surface area (Å²) in [6.07, 6.45) is 3.11. The number of hydrogen-bond donors (Lipinski definition) is 3. The minimum Gasteiger partial charge on any atom is -0.374 e. The molecule has 7 nitrogen and oxygen atoms in total. The van der Waals surface area contributed by atoms with E-state index in [0.29, 0.717) is 24.4 Å². The molecule has 20 heavy (non-hydrogen) atoms. The topological polar surface area (TPSA) is 92.5 Å². The SMILES string of the molecule is CCN1CCOC(CNC(=O)c2ccncc2NN)C1. The number of amides is 1. The number of anilines is 1. The average Bonchev–Trinajstić information content (AvgIpc) is 2.52. The normalized spacial score (nSPS) is 19.6. The van der Waals surface area contributed by atoms with Crippen LogP contribution in [-0.2, 0) is 4.74 Å². The van der Waals surface area contributed by atoms with Gasteiger partial charge in [0.25, 0.3) is 5.91 Å². The number of likely N-dealkylation sites (N-methyl/N-ethyl adjacent to an activating group) is 1. The summed E-state index contributed by atoms with van der Waals surface area (Å²) in [5.74, 6) is 5.18. The number of nitrogens with two attached hydrogens (primary N) is 1. The first-order chi connectivity index (χ1) is 9.74. The van der Waals surface area contributed by atoms with Crippen LogP contribution in [0.25, 0.3) is 0 Å². The maximum Gasteiger partial charge on any atom is 0.253 e. The molecule has 4 N–H and O–H groups in total. The van der Waals surface area contributed by atoms with Gasteiger partial charge in [0.2, 0.25) is 0 Å². The summed E-state index contributed by atoms with van der Waals surface area (Å²) in [4.78, 5) is 18.3. The van der Waals surface area contributed by atoms with E-state index in [1.165, 1.54) is 6.20 Å². The number of nitrogen functional groups attached to an aromatic ring is 1. The van der Waals surface area contributed by atoms with E-state index in [1.807, 2.05) is 0 Å². The molecule has 1 aliphatic heterocycles. The number of carbonyl (C=O) groups excluding carboxylic acids is 1. The van der Waals surface area contributed by atoms with Crippen molar-refractivity contribution in [2.75, 3.05) is 38.2 Å². The molecule has 1 fully saturated rings. The van der Waals surface area contributed by atoms with Gasteiger partial charge in [-0.05, 0) is 12.6 Å². The molecule has 1 saturated heterocycles. The number of nitrogens with zero attached hydrogens (tertiary/aromatic N) is 2. The van der Waals surface area contributed by atoms with Gasteiger partial charge in [0, 0.05) is 25.8 Å². The summed E-state index contributed by atoms with van der Waals surface area (Å²) in [5.41, 5.74) is 3.45. The fraction of sp³-hybridized carbons (Fsp3) is 0.538. The van der Waals surface area contributed by atoms with Gasteiger partial charge in [0.1, 0.15) is 0 Å². The van der Waals surface area contributed by atoms with Crippen LogP contribution in [0.4, 0.5) is 5.69 Å². The van der Waals surface area contributed by atoms with Gasteiger partial charge < -0.3 is 15.5 Å². The Morgan fingerprint density at radius 2 is 2.50 bits per heavy atom. The number of hydrazine groups is 1. The molecule has 2 heterocycles. The lowest BCUT2D eigenvalue weighted by atomic mass is 10.2. The Morgan fingerprint density at radius 1 is 1.65 bits per heavy atom. The summed E-state index contributed by atoms with van der Waals surface area (Å²) in [6, 6.07) is 1.63. The van der Waals surface area contributed by atoms with Gasteiger partial charge in [-0.25, -0.2) is 0 Å². The highest BCUT2D eigenvalue weighted by Gasteiger charge is 2.20. The zero-order valence-corrected chi connectivity index (χ0v) is 11.6. The van der Waals surface area contributed by atoms with Crippen LogP contribution in [0.2, 0.25) is 0 Å². The van der Waals surface area contributed by atoms with Crippen LogP contribution in [0.3, 0.4) is 0 Å². The van der Waals surface area contributed by atoms with Gasteiger partial charge >= 0.3 is 0 Å². The molecule has 0 aromatic carbocycles. The Balaban J connectivity index is 1.88. The second-order valence-corrected chi connectivity index (χ2v) is 4.66. The highest BCUT2D eigenvalue weighted by molar-refractivity contribution is 5.99. The first kappa shape index (κ1) is 14.7. The summed E-state index contributed by atoms with van der Waals surface area (Å²) >= 11 is 0. The molecule has 0 spiro atoms. The van der Waals surface area contributed by atoms with Crippen molar-refractivity contribution in [3.05, 3.63) is 24.0 Å². The lowest BCUT2D eigenvalue weighted by Crippen LogP contribution is -2.47. The third kappa shape index (κ3) is 3.66. The number of aromatic nitrogens is 1. The first-order valence-electron chi connectivity index (χ1n) is 6.77. The number of hydrogen-bond acceptors (Lipinski definition) is 6. The number of pyridine rings is 1. The molecule has 1 aromatic heterocycles. The second kappa shape index (κ2) is 7.18. The molecule has 110 valence electrons. The van der Waals surface area contributed by atoms with E-state index < -0.39 is 0 Å². The van der Waals surface area contributed by atoms with Crippen LogP contribution in [0, 0.1) is 0 Å². The minimum atomic E-state index is -0.183. The number of nitrogens with one attached hydrogen (secondary N) is 2. The van der Waals surface area contributed by atoms with Crippen LogP contribution in [0.5, 0.6) is 0 Å². The molecule has 0 radical (unpaired) electrons. The molecule has 0 saturated carbocycles. The van der Waals surface area contributed by atoms with Crippen molar-refractivity contribution in [3.8, 4) is 0 Å². The summed E-state index contributed by atoms with van der Waals surface area (Å²) in [5, 5.41) is 2.87. The van der Waals surface area contributed by atoms with Crippen LogP contribution < -0.4 is 16.6 Å². The predicted octanol–water partition coefficient (Wildman–Crippen LogP) is -0.182. The fourth-order valence-corrected chi connectivity index (χ4v) is 2.20. The maximum atomic E-state index is 12.1. The molecule has 1 aromatic rings. The van der Waals surface area contributed by atoms with Gasteiger partial charge in [0.05, 0.1) is 30.2 Å². The van der Waals surface area contributed by atoms with E-state index in [9.17, 15) is 4.79 Å². The van der Waals surface area contributed by atoms with Gasteiger partial charge in [-0.1, -0.05) is 6.92 Å². The van der Waals surface area contributed by atoms with Crippen LogP contribution >= 0.6 is 0 Å². The van der Waals surface area contributed by atoms with Crippen molar-refractivity contribution in [3.63, 3.8) is 0 Å². The van der Waals surface area contributed by atoms with Crippen LogP contribution in [0.15, 0.2) is 18.5 Å². The van der Waals surface area contributed by atoms with Crippen molar-refractivity contribution >= 4 is 11.6 Å². The number of rotatable bonds is 5. The average molecular weight is 279 g/mol. The zero-order valence-electron chi connectivity index (χ0n) is 11.6. The molecule has 7 heteroatoms. The third-order valence-corrected chi connectivity index (χ3v) is 3.38. The van der Waals surface area contributed by atoms with E-state index in [-0.39, 0.29) is 12.0 Å². The molecule has 0 bridgehead atoms. The molecule has 1 unspecified atom stereocenters. The van der Waals surface area contributed by atoms with E-state index in [2.05, 4.69) is 27.6 Å². The van der Waals surface area contributed by atoms with Gasteiger partial charge in [-0.15, -0.1) is 0 Å². The number of ether oxygens (including phenoxy) is 1.